The predicted octanol–water partition coefficient (Wildman–Crippen LogP) is 6.19. The molecule has 0 saturated carbocycles. The molecular weight excluding hydrogens is 1130 g/mol. The summed E-state index contributed by atoms with van der Waals surface area (Å²) in [5.74, 6) is 1.40. The number of rotatable bonds is 33. The Kier molecular flexibility index (Phi) is 24.3. The van der Waals surface area contributed by atoms with Gasteiger partial charge >= 0.3 is 5.97 Å². The molecule has 1 aromatic heterocycles. The Bertz CT molecular complexity index is 2930. The number of benzene rings is 2. The van der Waals surface area contributed by atoms with Gasteiger partial charge < -0.3 is 73.1 Å². The monoisotopic (exact) mass is 1210 g/mol. The van der Waals surface area contributed by atoms with Crippen molar-refractivity contribution in [1.82, 2.24) is 29.9 Å². The van der Waals surface area contributed by atoms with Crippen LogP contribution in [0, 0.1) is 0 Å². The summed E-state index contributed by atoms with van der Waals surface area (Å²) in [4.78, 5) is 81.8. The smallest absolute Gasteiger partial charge is 0.305 e. The molecule has 3 fully saturated rings. The molecule has 3 aromatic rings. The molecule has 86 heavy (non-hydrogen) atoms. The highest BCUT2D eigenvalue weighted by Gasteiger charge is 2.37. The van der Waals surface area contributed by atoms with Gasteiger partial charge in [-0.3, -0.25) is 38.8 Å². The van der Waals surface area contributed by atoms with Crippen LogP contribution in [0.15, 0.2) is 64.7 Å². The summed E-state index contributed by atoms with van der Waals surface area (Å²) in [6, 6.07) is 10.5. The first-order valence-electron chi connectivity index (χ1n) is 29.6. The number of hydrogen-bond donors (Lipinski definition) is 3. The third-order valence-electron chi connectivity index (χ3n) is 15.6. The number of pyridine rings is 1. The van der Waals surface area contributed by atoms with Crippen molar-refractivity contribution < 1.29 is 71.7 Å². The minimum Gasteiger partial charge on any atom is -0.493 e. The lowest BCUT2D eigenvalue weighted by Gasteiger charge is -2.35. The molecule has 1 unspecified atom stereocenters. The first-order chi connectivity index (χ1) is 41.6. The number of hydrogen-bond acceptors (Lipinski definition) is 19. The number of aromatic nitrogens is 1. The number of carboxylic acids is 1. The van der Waals surface area contributed by atoms with Crippen LogP contribution < -0.4 is 34.3 Å². The second-order valence-corrected chi connectivity index (χ2v) is 23.7. The molecule has 0 radical (unpaired) electrons. The third-order valence-corrected chi connectivity index (χ3v) is 17.0. The molecule has 2 atom stereocenters. The normalized spacial score (nSPS) is 18.5. The summed E-state index contributed by atoms with van der Waals surface area (Å²) >= 11 is 1.53. The molecular formula is C62H84N8O15S. The van der Waals surface area contributed by atoms with Crippen molar-refractivity contribution in [2.24, 2.45) is 4.99 Å². The first kappa shape index (κ1) is 65.0. The number of carboxylic acid groups (broad SMARTS) is 1. The van der Waals surface area contributed by atoms with Crippen LogP contribution in [0.2, 0.25) is 0 Å². The van der Waals surface area contributed by atoms with Crippen LogP contribution in [-0.2, 0) is 46.5 Å². The first-order valence-corrected chi connectivity index (χ1v) is 30.6. The number of allylic oxidation sites excluding steroid dienone is 2. The molecule has 23 nitrogen and oxygen atoms in total. The maximum Gasteiger partial charge on any atom is 0.305 e. The van der Waals surface area contributed by atoms with Gasteiger partial charge in [-0.15, -0.1) is 11.8 Å². The van der Waals surface area contributed by atoms with Crippen LogP contribution in [0.3, 0.4) is 0 Å². The molecule has 24 heteroatoms. The Hall–Kier alpha value is -6.96. The highest BCUT2D eigenvalue weighted by Crippen LogP contribution is 2.41. The van der Waals surface area contributed by atoms with Crippen molar-refractivity contribution in [2.45, 2.75) is 89.8 Å². The second kappa shape index (κ2) is 32.1. The highest BCUT2D eigenvalue weighted by molar-refractivity contribution is 8.01. The van der Waals surface area contributed by atoms with E-state index in [4.69, 9.17) is 57.7 Å². The molecule has 0 aliphatic carbocycles. The average Bonchev–Trinajstić information content (AvgIpc) is 4.12. The van der Waals surface area contributed by atoms with Gasteiger partial charge in [0, 0.05) is 101 Å². The van der Waals surface area contributed by atoms with Crippen LogP contribution in [0.25, 0.3) is 0 Å². The van der Waals surface area contributed by atoms with Crippen LogP contribution >= 0.6 is 11.8 Å². The maximum absolute atomic E-state index is 13.8. The number of aliphatic carboxylic acids is 1. The van der Waals surface area contributed by atoms with E-state index in [1.165, 1.54) is 30.0 Å². The SMILES string of the molecule is C/C=C1\CC2CNc3cc(OCc4cc(OCCN5CCN(C(=O)CCC(C)(C)SCC(=O)NCCOCCOCCOCCOCCC(=O)O)CC5)cc(COc5cc6c(cc5OC)C(=O)N5C/C(=C/C)C[C@H]5C=N6)n4)c(OC)cc3C(=O)N2C1. The number of ether oxygens (including phenoxy) is 9. The standard InChI is InChI=1S/C62H84N8O15S/c1-7-42-27-46-35-64-51-33-55(53(77-5)31-49(51)60(75)69(46)37-42)84-39-44-29-48(30-45(66-44)40-85-56-34-52-50(32-54(56)78-6)61(76)70-38-43(8-2)28-47(70)36-65-52)83-20-17-67-13-15-68(16-14-67)58(72)9-11-62(3,4)86-41-57(71)63-12-19-80-22-24-82-26-25-81-23-21-79-18-10-59(73)74/h7-8,29-35,46-47,65H,9-28,36-41H2,1-6H3,(H,63,71)(H,73,74)/b42-7+,43-8+/t46-,47?/m0/s1. The van der Waals surface area contributed by atoms with Crippen molar-refractivity contribution >= 4 is 58.9 Å². The van der Waals surface area contributed by atoms with E-state index in [1.54, 1.807) is 25.3 Å². The number of carbonyl (C=O) groups is 5. The van der Waals surface area contributed by atoms with Gasteiger partial charge in [0.25, 0.3) is 11.8 Å². The Morgan fingerprint density at radius 1 is 0.721 bits per heavy atom. The molecule has 6 heterocycles. The number of anilines is 1. The zero-order valence-electron chi connectivity index (χ0n) is 50.5. The van der Waals surface area contributed by atoms with Crippen molar-refractivity contribution in [2.75, 3.05) is 144 Å². The minimum absolute atomic E-state index is 0.0198. The van der Waals surface area contributed by atoms with Gasteiger partial charge in [-0.1, -0.05) is 37.1 Å². The summed E-state index contributed by atoms with van der Waals surface area (Å²) in [5.41, 5.74) is 5.67. The van der Waals surface area contributed by atoms with Crippen molar-refractivity contribution in [3.63, 3.8) is 0 Å². The summed E-state index contributed by atoms with van der Waals surface area (Å²) < 4.78 is 52.1. The molecule has 2 aromatic carbocycles. The van der Waals surface area contributed by atoms with Gasteiger partial charge in [-0.05, 0) is 45.2 Å². The van der Waals surface area contributed by atoms with Gasteiger partial charge in [0.15, 0.2) is 23.0 Å². The van der Waals surface area contributed by atoms with Crippen LogP contribution in [0.1, 0.15) is 91.9 Å². The fourth-order valence-corrected chi connectivity index (χ4v) is 11.4. The van der Waals surface area contributed by atoms with E-state index >= 15 is 0 Å². The number of carbonyl (C=O) groups excluding carboxylic acids is 4. The third kappa shape index (κ3) is 18.5. The van der Waals surface area contributed by atoms with Gasteiger partial charge in [0.2, 0.25) is 11.8 Å². The highest BCUT2D eigenvalue weighted by atomic mass is 32.2. The minimum atomic E-state index is -0.898. The topological polar surface area (TPSA) is 251 Å². The van der Waals surface area contributed by atoms with Gasteiger partial charge in [0.05, 0.1) is 125 Å². The number of piperazine rings is 1. The Morgan fingerprint density at radius 3 is 1.98 bits per heavy atom. The number of nitrogens with zero attached hydrogens (tertiary/aromatic N) is 6. The van der Waals surface area contributed by atoms with Gasteiger partial charge in [0.1, 0.15) is 25.6 Å². The molecule has 0 bridgehead atoms. The van der Waals surface area contributed by atoms with E-state index < -0.39 is 5.97 Å². The Labute approximate surface area is 508 Å². The zero-order valence-corrected chi connectivity index (χ0v) is 51.3. The molecule has 5 aliphatic rings. The quantitative estimate of drug-likeness (QED) is 0.0454. The summed E-state index contributed by atoms with van der Waals surface area (Å²) in [6.07, 6.45) is 8.51. The van der Waals surface area contributed by atoms with Gasteiger partial charge in [-0.2, -0.15) is 0 Å². The van der Waals surface area contributed by atoms with E-state index in [0.717, 1.165) is 12.8 Å². The maximum atomic E-state index is 13.8. The van der Waals surface area contributed by atoms with Gasteiger partial charge in [-0.25, -0.2) is 0 Å². The van der Waals surface area contributed by atoms with Crippen LogP contribution in [0.4, 0.5) is 11.4 Å². The molecule has 3 N–H and O–H groups in total. The fraction of sp³-hybridized carbons (Fsp3) is 0.565. The fourth-order valence-electron chi connectivity index (χ4n) is 10.6. The Morgan fingerprint density at radius 2 is 1.33 bits per heavy atom. The lowest BCUT2D eigenvalue weighted by molar-refractivity contribution is -0.138. The number of amides is 4. The molecule has 5 aliphatic heterocycles. The number of methoxy groups -OCH3 is 2. The molecule has 4 amide bonds. The molecule has 468 valence electrons. The van der Waals surface area contributed by atoms with E-state index in [9.17, 15) is 24.0 Å². The summed E-state index contributed by atoms with van der Waals surface area (Å²) in [7, 11) is 3.08. The lowest BCUT2D eigenvalue weighted by Crippen LogP contribution is -2.49. The van der Waals surface area contributed by atoms with E-state index in [-0.39, 0.29) is 72.5 Å². The summed E-state index contributed by atoms with van der Waals surface area (Å²) in [5, 5.41) is 15.0. The number of aliphatic imine (C=N–C) groups is 1. The molecule has 3 saturated heterocycles. The van der Waals surface area contributed by atoms with Crippen molar-refractivity contribution in [3.05, 3.63) is 82.2 Å². The largest absolute Gasteiger partial charge is 0.493 e. The van der Waals surface area contributed by atoms with Crippen LogP contribution in [-0.4, -0.2) is 221 Å². The number of nitrogens with one attached hydrogen (secondary N) is 2. The molecule has 0 spiro atoms. The number of thioether (sulfide) groups is 1. The Balaban J connectivity index is 0.799. The van der Waals surface area contributed by atoms with Crippen LogP contribution in [0.5, 0.6) is 28.7 Å². The van der Waals surface area contributed by atoms with E-state index in [2.05, 4.69) is 41.5 Å². The van der Waals surface area contributed by atoms with E-state index in [1.807, 2.05) is 53.0 Å². The van der Waals surface area contributed by atoms with E-state index in [0.29, 0.717) is 187 Å². The second-order valence-electron chi connectivity index (χ2n) is 22.0. The average molecular weight is 1210 g/mol. The predicted molar refractivity (Wildman–Crippen MR) is 325 cm³/mol. The van der Waals surface area contributed by atoms with Crippen molar-refractivity contribution in [3.8, 4) is 28.7 Å². The van der Waals surface area contributed by atoms with Crippen molar-refractivity contribution in [1.29, 1.82) is 0 Å². The summed E-state index contributed by atoms with van der Waals surface area (Å²) in [6.45, 7) is 16.6. The molecule has 8 rings (SSSR count). The zero-order chi connectivity index (χ0) is 61.0. The lowest BCUT2D eigenvalue weighted by atomic mass is 10.1. The number of fused-ring (bicyclic) bond motifs is 4.